The second-order valence-corrected chi connectivity index (χ2v) is 12.0. The van der Waals surface area contributed by atoms with Crippen molar-refractivity contribution >= 4 is 11.9 Å². The molecular formula is C25H32F3NO5. The first-order valence-electron chi connectivity index (χ1n) is 12.5. The molecule has 4 saturated heterocycles. The van der Waals surface area contributed by atoms with Crippen LogP contribution in [0.4, 0.5) is 13.2 Å². The maximum atomic E-state index is 12.8. The molecular weight excluding hydrogens is 451 g/mol. The van der Waals surface area contributed by atoms with Crippen LogP contribution in [0.1, 0.15) is 45.4 Å². The summed E-state index contributed by atoms with van der Waals surface area (Å²) in [6.07, 6.45) is 1.97. The van der Waals surface area contributed by atoms with Gasteiger partial charge in [-0.1, -0.05) is 18.1 Å². The number of rotatable bonds is 2. The fourth-order valence-corrected chi connectivity index (χ4v) is 11.2. The van der Waals surface area contributed by atoms with E-state index in [4.69, 9.17) is 14.6 Å². The van der Waals surface area contributed by atoms with E-state index >= 15 is 0 Å². The highest BCUT2D eigenvalue weighted by Gasteiger charge is 2.92. The van der Waals surface area contributed by atoms with Crippen molar-refractivity contribution in [3.8, 4) is 0 Å². The van der Waals surface area contributed by atoms with Gasteiger partial charge in [-0.05, 0) is 38.0 Å². The molecule has 0 radical (unpaired) electrons. The van der Waals surface area contributed by atoms with Gasteiger partial charge in [-0.2, -0.15) is 13.2 Å². The highest BCUT2D eigenvalue weighted by atomic mass is 19.4. The summed E-state index contributed by atoms with van der Waals surface area (Å²) in [5.74, 6) is -0.277. The summed E-state index contributed by atoms with van der Waals surface area (Å²) < 4.78 is 38.2. The first kappa shape index (κ1) is 22.8. The fourth-order valence-electron chi connectivity index (χ4n) is 11.2. The van der Waals surface area contributed by atoms with Gasteiger partial charge in [-0.25, -0.2) is 0 Å². The van der Waals surface area contributed by atoms with Crippen LogP contribution in [-0.4, -0.2) is 66.6 Å². The van der Waals surface area contributed by atoms with Gasteiger partial charge in [0.05, 0.1) is 49.6 Å². The Morgan fingerprint density at radius 1 is 1.24 bits per heavy atom. The Morgan fingerprint density at radius 3 is 2.53 bits per heavy atom. The number of aliphatic hydroxyl groups excluding tert-OH is 1. The number of halogens is 3. The molecule has 4 heterocycles. The molecule has 0 aromatic carbocycles. The van der Waals surface area contributed by atoms with Crippen molar-refractivity contribution in [3.05, 3.63) is 11.1 Å². The average Bonchev–Trinajstić information content (AvgIpc) is 3.55. The number of carbonyl (C=O) groups excluding carboxylic acids is 2. The number of hydrogen-bond donors (Lipinski definition) is 1. The molecule has 0 aromatic rings. The number of carbonyl (C=O) groups is 2. The number of carboxylic acids is 1. The van der Waals surface area contributed by atoms with E-state index in [-0.39, 0.29) is 22.7 Å². The van der Waals surface area contributed by atoms with E-state index in [9.17, 15) is 23.1 Å². The summed E-state index contributed by atoms with van der Waals surface area (Å²) in [5, 5.41) is 19.8. The third kappa shape index (κ3) is 2.28. The lowest BCUT2D eigenvalue weighted by Crippen LogP contribution is -2.60. The maximum absolute atomic E-state index is 12.8. The summed E-state index contributed by atoms with van der Waals surface area (Å²) >= 11 is 0. The van der Waals surface area contributed by atoms with Gasteiger partial charge in [-0.3, -0.25) is 4.79 Å². The molecule has 4 aliphatic heterocycles. The second-order valence-electron chi connectivity index (χ2n) is 12.0. The van der Waals surface area contributed by atoms with Crippen molar-refractivity contribution in [1.29, 1.82) is 0 Å². The smallest absolute Gasteiger partial charge is 0.430 e. The SMILES string of the molecule is COC(=O)[C@@H]1C[C@@]23C4=C(CC[C@H]5C[N+]67C[C@@H](C)C(CC6[C@@]52CO)[C@@H]37)CC[C@@H]41.O=C([O-])C(F)(F)F. The van der Waals surface area contributed by atoms with Crippen molar-refractivity contribution in [2.24, 2.45) is 40.4 Å². The highest BCUT2D eigenvalue weighted by molar-refractivity contribution is 5.75. The molecule has 34 heavy (non-hydrogen) atoms. The topological polar surface area (TPSA) is 86.7 Å². The van der Waals surface area contributed by atoms with Crippen molar-refractivity contribution in [3.63, 3.8) is 0 Å². The molecule has 1 N–H and O–H groups in total. The Bertz CT molecular complexity index is 996. The lowest BCUT2D eigenvalue weighted by atomic mass is 9.47. The predicted octanol–water partition coefficient (Wildman–Crippen LogP) is 1.81. The molecule has 0 aromatic heterocycles. The van der Waals surface area contributed by atoms with Crippen LogP contribution in [0.15, 0.2) is 11.1 Å². The molecule has 1 saturated carbocycles. The molecule has 10 atom stereocenters. The van der Waals surface area contributed by atoms with Gasteiger partial charge < -0.3 is 24.2 Å². The van der Waals surface area contributed by atoms with Crippen LogP contribution in [0.25, 0.3) is 0 Å². The van der Waals surface area contributed by atoms with Gasteiger partial charge in [0, 0.05) is 24.2 Å². The average molecular weight is 484 g/mol. The van der Waals surface area contributed by atoms with Crippen LogP contribution in [0.2, 0.25) is 0 Å². The Morgan fingerprint density at radius 2 is 1.91 bits per heavy atom. The normalized spacial score (nSPS) is 50.7. The molecule has 5 fully saturated rings. The third-order valence-electron chi connectivity index (χ3n) is 11.5. The number of carboxylic acid groups (broad SMARTS) is 1. The minimum atomic E-state index is -5.19. The van der Waals surface area contributed by atoms with E-state index in [2.05, 4.69) is 6.92 Å². The first-order valence-corrected chi connectivity index (χ1v) is 12.5. The number of piperidine rings is 2. The monoisotopic (exact) mass is 483 g/mol. The number of quaternary nitrogens is 1. The van der Waals surface area contributed by atoms with E-state index in [1.54, 1.807) is 18.3 Å². The highest BCUT2D eigenvalue weighted by Crippen LogP contribution is 2.84. The summed E-state index contributed by atoms with van der Waals surface area (Å²) in [4.78, 5) is 21.6. The number of hydrogen-bond acceptors (Lipinski definition) is 5. The molecule has 7 aliphatic rings. The Kier molecular flexibility index (Phi) is 4.55. The van der Waals surface area contributed by atoms with Crippen LogP contribution in [0, 0.1) is 40.4 Å². The minimum Gasteiger partial charge on any atom is -0.542 e. The molecule has 0 amide bonds. The van der Waals surface area contributed by atoms with Crippen LogP contribution in [0.3, 0.4) is 0 Å². The van der Waals surface area contributed by atoms with Gasteiger partial charge in [-0.15, -0.1) is 0 Å². The zero-order valence-electron chi connectivity index (χ0n) is 19.6. The molecule has 3 unspecified atom stereocenters. The molecule has 9 heteroatoms. The Hall–Kier alpha value is -1.61. The van der Waals surface area contributed by atoms with Crippen LogP contribution in [0.5, 0.6) is 0 Å². The van der Waals surface area contributed by atoms with Crippen LogP contribution < -0.4 is 5.11 Å². The largest absolute Gasteiger partial charge is 0.542 e. The minimum absolute atomic E-state index is 0.0184. The molecule has 3 aliphatic carbocycles. The van der Waals surface area contributed by atoms with Gasteiger partial charge in [0.2, 0.25) is 0 Å². The molecule has 188 valence electrons. The number of esters is 1. The van der Waals surface area contributed by atoms with Crippen molar-refractivity contribution in [1.82, 2.24) is 0 Å². The summed E-state index contributed by atoms with van der Waals surface area (Å²) in [5.41, 5.74) is 3.56. The molecule has 5 bridgehead atoms. The van der Waals surface area contributed by atoms with Crippen LogP contribution >= 0.6 is 0 Å². The zero-order valence-corrected chi connectivity index (χ0v) is 19.6. The number of aliphatic carboxylic acids is 1. The second kappa shape index (κ2) is 6.78. The zero-order chi connectivity index (χ0) is 24.4. The predicted molar refractivity (Wildman–Crippen MR) is 110 cm³/mol. The standard InChI is InChI=1S/C23H32NO3.C2HF3O2/c1-12-9-24-10-14-5-3-13-4-6-15-17(21(26)27-2)8-22(19(13)15)20(24)16(12)7-18(24)23(14,22)11-25;3-2(4,5)1(6)7/h12,14-18,20,25H,3-11H2,1-2H3;(H,6,7)/q+1;/p-1/t12-,14+,15-,16?,17-,18?,20+,22+,23-,24?;/m1./s1. The van der Waals surface area contributed by atoms with Gasteiger partial charge in [0.1, 0.15) is 12.0 Å². The molecule has 2 spiro atoms. The maximum Gasteiger partial charge on any atom is 0.430 e. The van der Waals surface area contributed by atoms with Gasteiger partial charge in [0.25, 0.3) is 0 Å². The quantitative estimate of drug-likeness (QED) is 0.368. The first-order chi connectivity index (χ1) is 16.0. The number of aliphatic hydroxyl groups is 1. The summed E-state index contributed by atoms with van der Waals surface area (Å²) in [7, 11) is 1.57. The van der Waals surface area contributed by atoms with Crippen LogP contribution in [-0.2, 0) is 14.3 Å². The van der Waals surface area contributed by atoms with E-state index in [1.165, 1.54) is 43.3 Å². The Balaban J connectivity index is 0.000000275. The van der Waals surface area contributed by atoms with Crippen molar-refractivity contribution < 1.29 is 42.2 Å². The number of alkyl halides is 3. The third-order valence-corrected chi connectivity index (χ3v) is 11.5. The van der Waals surface area contributed by atoms with Gasteiger partial charge >= 0.3 is 12.1 Å². The fraction of sp³-hybridized carbons (Fsp3) is 0.840. The molecule has 6 nitrogen and oxygen atoms in total. The van der Waals surface area contributed by atoms with Gasteiger partial charge in [0.15, 0.2) is 0 Å². The van der Waals surface area contributed by atoms with Crippen molar-refractivity contribution in [2.45, 2.75) is 63.7 Å². The number of allylic oxidation sites excluding steroid dienone is 1. The number of nitrogens with zero attached hydrogens (tertiary/aromatic N) is 1. The summed E-state index contributed by atoms with van der Waals surface area (Å²) in [6, 6.07) is 1.34. The van der Waals surface area contributed by atoms with Crippen molar-refractivity contribution in [2.75, 3.05) is 26.8 Å². The Labute approximate surface area is 196 Å². The summed E-state index contributed by atoms with van der Waals surface area (Å²) in [6.45, 7) is 5.47. The van der Waals surface area contributed by atoms with E-state index < -0.39 is 12.1 Å². The van der Waals surface area contributed by atoms with E-state index in [1.807, 2.05) is 0 Å². The number of ether oxygens (including phenoxy) is 1. The number of methoxy groups -OCH3 is 1. The lowest BCUT2D eigenvalue weighted by Gasteiger charge is -2.52. The lowest BCUT2D eigenvalue weighted by molar-refractivity contribution is -0.939. The van der Waals surface area contributed by atoms with E-state index in [0.717, 1.165) is 24.7 Å². The molecule has 7 rings (SSSR count). The van der Waals surface area contributed by atoms with E-state index in [0.29, 0.717) is 30.5 Å².